The second-order valence-corrected chi connectivity index (χ2v) is 4.81. The molecule has 0 aliphatic carbocycles. The number of rotatable bonds is 2. The minimum absolute atomic E-state index is 0.431. The van der Waals surface area contributed by atoms with Gasteiger partial charge in [0.25, 0.3) is 0 Å². The second kappa shape index (κ2) is 4.48. The highest BCUT2D eigenvalue weighted by molar-refractivity contribution is 6.20. The molecular formula is C10H20ClN. The van der Waals surface area contributed by atoms with Crippen LogP contribution in [-0.2, 0) is 0 Å². The van der Waals surface area contributed by atoms with Crippen LogP contribution in [0.25, 0.3) is 0 Å². The number of hydrogen-bond acceptors (Lipinski definition) is 1. The van der Waals surface area contributed by atoms with E-state index in [0.29, 0.717) is 11.4 Å². The average molecular weight is 190 g/mol. The van der Waals surface area contributed by atoms with E-state index in [1.54, 1.807) is 0 Å². The fraction of sp³-hybridized carbons (Fsp3) is 1.00. The summed E-state index contributed by atoms with van der Waals surface area (Å²) >= 11 is 6.04. The summed E-state index contributed by atoms with van der Waals surface area (Å²) in [4.78, 5) is 2.56. The lowest BCUT2D eigenvalue weighted by molar-refractivity contribution is 0.142. The molecule has 1 heterocycles. The van der Waals surface area contributed by atoms with Crippen LogP contribution in [0.2, 0.25) is 0 Å². The summed E-state index contributed by atoms with van der Waals surface area (Å²) in [6, 6.07) is 0.717. The molecule has 0 aromatic rings. The zero-order valence-corrected chi connectivity index (χ0v) is 9.14. The third-order valence-electron chi connectivity index (χ3n) is 3.00. The molecule has 0 radical (unpaired) electrons. The van der Waals surface area contributed by atoms with E-state index in [1.807, 2.05) is 0 Å². The van der Waals surface area contributed by atoms with Gasteiger partial charge in [0.1, 0.15) is 0 Å². The summed E-state index contributed by atoms with van der Waals surface area (Å²) < 4.78 is 0. The van der Waals surface area contributed by atoms with Crippen molar-refractivity contribution in [3.8, 4) is 0 Å². The predicted molar refractivity (Wildman–Crippen MR) is 54.7 cm³/mol. The summed E-state index contributed by atoms with van der Waals surface area (Å²) in [5.41, 5.74) is 0. The van der Waals surface area contributed by atoms with Gasteiger partial charge < -0.3 is 4.90 Å². The van der Waals surface area contributed by atoms with Crippen LogP contribution >= 0.6 is 11.6 Å². The van der Waals surface area contributed by atoms with Gasteiger partial charge in [0.05, 0.1) is 0 Å². The fourth-order valence-corrected chi connectivity index (χ4v) is 1.89. The Hall–Kier alpha value is 0.250. The smallest absolute Gasteiger partial charge is 0.0360 e. The van der Waals surface area contributed by atoms with Gasteiger partial charge in [-0.2, -0.15) is 0 Å². The Kier molecular flexibility index (Phi) is 3.85. The van der Waals surface area contributed by atoms with Gasteiger partial charge in [0, 0.05) is 11.4 Å². The molecule has 0 saturated carbocycles. The number of nitrogens with zero attached hydrogens (tertiary/aromatic N) is 1. The Bertz CT molecular complexity index is 128. The normalized spacial score (nSPS) is 24.8. The van der Waals surface area contributed by atoms with Crippen LogP contribution < -0.4 is 0 Å². The Morgan fingerprint density at radius 1 is 1.17 bits per heavy atom. The maximum absolute atomic E-state index is 6.04. The van der Waals surface area contributed by atoms with Gasteiger partial charge in [-0.3, -0.25) is 0 Å². The van der Waals surface area contributed by atoms with Crippen LogP contribution in [-0.4, -0.2) is 29.4 Å². The maximum atomic E-state index is 6.04. The highest BCUT2D eigenvalue weighted by Crippen LogP contribution is 2.20. The largest absolute Gasteiger partial charge is 0.300 e. The van der Waals surface area contributed by atoms with Gasteiger partial charge >= 0.3 is 0 Å². The van der Waals surface area contributed by atoms with Crippen molar-refractivity contribution in [3.63, 3.8) is 0 Å². The fourth-order valence-electron chi connectivity index (χ4n) is 1.70. The first kappa shape index (κ1) is 10.3. The summed E-state index contributed by atoms with van der Waals surface area (Å²) in [6.45, 7) is 9.27. The molecule has 0 amide bonds. The van der Waals surface area contributed by atoms with Crippen molar-refractivity contribution >= 4 is 11.6 Å². The van der Waals surface area contributed by atoms with Gasteiger partial charge in [0.15, 0.2) is 0 Å². The summed E-state index contributed by atoms with van der Waals surface area (Å²) in [5, 5.41) is 0.431. The lowest BCUT2D eigenvalue weighted by Crippen LogP contribution is -2.42. The molecule has 1 rings (SSSR count). The zero-order valence-electron chi connectivity index (χ0n) is 8.39. The molecule has 72 valence electrons. The van der Waals surface area contributed by atoms with Crippen LogP contribution in [0.5, 0.6) is 0 Å². The minimum atomic E-state index is 0.431. The quantitative estimate of drug-likeness (QED) is 0.604. The van der Waals surface area contributed by atoms with Crippen LogP contribution in [0.3, 0.4) is 0 Å². The first-order valence-electron chi connectivity index (χ1n) is 4.99. The van der Waals surface area contributed by atoms with Crippen molar-refractivity contribution in [2.45, 2.75) is 45.0 Å². The van der Waals surface area contributed by atoms with Crippen molar-refractivity contribution in [2.24, 2.45) is 5.92 Å². The molecular weight excluding hydrogens is 170 g/mol. The predicted octanol–water partition coefficient (Wildman–Crippen LogP) is 2.73. The molecule has 0 aromatic heterocycles. The van der Waals surface area contributed by atoms with Crippen LogP contribution in [0.1, 0.15) is 33.6 Å². The summed E-state index contributed by atoms with van der Waals surface area (Å²) in [7, 11) is 0. The van der Waals surface area contributed by atoms with Gasteiger partial charge in [-0.15, -0.1) is 11.6 Å². The van der Waals surface area contributed by atoms with Gasteiger partial charge in [-0.25, -0.2) is 0 Å². The molecule has 12 heavy (non-hydrogen) atoms. The van der Waals surface area contributed by atoms with Crippen molar-refractivity contribution in [3.05, 3.63) is 0 Å². The molecule has 0 aromatic carbocycles. The Morgan fingerprint density at radius 2 is 1.67 bits per heavy atom. The van der Waals surface area contributed by atoms with E-state index in [0.717, 1.165) is 5.92 Å². The SMILES string of the molecule is CC(C)C(C)N1CCC(Cl)CC1. The average Bonchev–Trinajstić information content (AvgIpc) is 2.04. The lowest BCUT2D eigenvalue weighted by Gasteiger charge is -2.36. The lowest BCUT2D eigenvalue weighted by atomic mass is 10.0. The molecule has 2 heteroatoms. The van der Waals surface area contributed by atoms with Crippen LogP contribution in [0.15, 0.2) is 0 Å². The van der Waals surface area contributed by atoms with Gasteiger partial charge in [0.2, 0.25) is 0 Å². The monoisotopic (exact) mass is 189 g/mol. The van der Waals surface area contributed by atoms with Gasteiger partial charge in [-0.1, -0.05) is 13.8 Å². The zero-order chi connectivity index (χ0) is 9.14. The summed E-state index contributed by atoms with van der Waals surface area (Å²) in [6.07, 6.45) is 2.33. The molecule has 1 saturated heterocycles. The third-order valence-corrected chi connectivity index (χ3v) is 3.44. The van der Waals surface area contributed by atoms with E-state index in [4.69, 9.17) is 11.6 Å². The van der Waals surface area contributed by atoms with Crippen LogP contribution in [0.4, 0.5) is 0 Å². The maximum Gasteiger partial charge on any atom is 0.0360 e. The number of hydrogen-bond donors (Lipinski definition) is 0. The van der Waals surface area contributed by atoms with E-state index < -0.39 is 0 Å². The first-order valence-corrected chi connectivity index (χ1v) is 5.43. The van der Waals surface area contributed by atoms with E-state index in [-0.39, 0.29) is 0 Å². The topological polar surface area (TPSA) is 3.24 Å². The molecule has 0 bridgehead atoms. The van der Waals surface area contributed by atoms with Crippen molar-refractivity contribution in [1.29, 1.82) is 0 Å². The number of alkyl halides is 1. The van der Waals surface area contributed by atoms with E-state index in [1.165, 1.54) is 25.9 Å². The van der Waals surface area contributed by atoms with Crippen LogP contribution in [0, 0.1) is 5.92 Å². The van der Waals surface area contributed by atoms with E-state index >= 15 is 0 Å². The molecule has 1 aliphatic heterocycles. The molecule has 0 spiro atoms. The van der Waals surface area contributed by atoms with Crippen molar-refractivity contribution in [1.82, 2.24) is 4.90 Å². The number of likely N-dealkylation sites (tertiary alicyclic amines) is 1. The molecule has 1 atom stereocenters. The van der Waals surface area contributed by atoms with E-state index in [9.17, 15) is 0 Å². The highest BCUT2D eigenvalue weighted by atomic mass is 35.5. The Labute approximate surface area is 81.1 Å². The first-order chi connectivity index (χ1) is 5.61. The highest BCUT2D eigenvalue weighted by Gasteiger charge is 2.22. The molecule has 1 fully saturated rings. The molecule has 1 unspecified atom stereocenters. The standard InChI is InChI=1S/C10H20ClN/c1-8(2)9(3)12-6-4-10(11)5-7-12/h8-10H,4-7H2,1-3H3. The molecule has 1 aliphatic rings. The van der Waals surface area contributed by atoms with E-state index in [2.05, 4.69) is 25.7 Å². The molecule has 0 N–H and O–H groups in total. The molecule has 1 nitrogen and oxygen atoms in total. The summed E-state index contributed by atoms with van der Waals surface area (Å²) in [5.74, 6) is 0.761. The number of piperidine rings is 1. The Morgan fingerprint density at radius 3 is 2.08 bits per heavy atom. The number of halogens is 1. The second-order valence-electron chi connectivity index (χ2n) is 4.20. The van der Waals surface area contributed by atoms with Crippen molar-refractivity contribution < 1.29 is 0 Å². The third kappa shape index (κ3) is 2.63. The minimum Gasteiger partial charge on any atom is -0.300 e. The van der Waals surface area contributed by atoms with Gasteiger partial charge in [-0.05, 0) is 38.8 Å². The Balaban J connectivity index is 2.34. The van der Waals surface area contributed by atoms with Crippen molar-refractivity contribution in [2.75, 3.05) is 13.1 Å².